The van der Waals surface area contributed by atoms with E-state index in [9.17, 15) is 14.7 Å². The van der Waals surface area contributed by atoms with Gasteiger partial charge < -0.3 is 10.4 Å². The molecular formula is C27H24N2O3. The van der Waals surface area contributed by atoms with Crippen molar-refractivity contribution in [3.05, 3.63) is 102 Å². The molecule has 32 heavy (non-hydrogen) atoms. The number of aromatic hydroxyl groups is 1. The largest absolute Gasteiger partial charge is 0.507 e. The lowest BCUT2D eigenvalue weighted by molar-refractivity contribution is 0.101. The van der Waals surface area contributed by atoms with Crippen LogP contribution in [0.15, 0.2) is 91.1 Å². The number of aldehydes is 1. The van der Waals surface area contributed by atoms with E-state index in [0.717, 1.165) is 33.6 Å². The van der Waals surface area contributed by atoms with E-state index in [1.165, 1.54) is 6.07 Å². The Labute approximate surface area is 187 Å². The molecule has 0 amide bonds. The van der Waals surface area contributed by atoms with Crippen LogP contribution in [0.1, 0.15) is 27.6 Å². The highest BCUT2D eigenvalue weighted by Crippen LogP contribution is 2.26. The number of phenolic OH excluding ortho intramolecular Hbond substituents is 1. The van der Waals surface area contributed by atoms with Crippen molar-refractivity contribution in [2.24, 2.45) is 0 Å². The van der Waals surface area contributed by atoms with E-state index >= 15 is 0 Å². The summed E-state index contributed by atoms with van der Waals surface area (Å²) in [6.07, 6.45) is 2.31. The predicted molar refractivity (Wildman–Crippen MR) is 128 cm³/mol. The number of pyridine rings is 1. The SMILES string of the molecule is CNc1cc(-c2ccccc2)ccc1C(C)=O.O=Cc1cc(-c2ccccn2)ccc1O. The monoisotopic (exact) mass is 424 g/mol. The number of nitrogens with zero attached hydrogens (tertiary/aromatic N) is 1. The molecule has 1 aromatic heterocycles. The topological polar surface area (TPSA) is 79.3 Å². The Balaban J connectivity index is 0.000000182. The normalized spacial score (nSPS) is 9.94. The minimum atomic E-state index is -0.00955. The van der Waals surface area contributed by atoms with E-state index in [1.54, 1.807) is 25.3 Å². The Morgan fingerprint density at radius 1 is 0.875 bits per heavy atom. The minimum Gasteiger partial charge on any atom is -0.507 e. The number of ketones is 1. The molecule has 160 valence electrons. The standard InChI is InChI=1S/C15H15NO.C12H9NO2/c1-11(17)14-9-8-13(10-15(14)16-2)12-6-4-3-5-7-12;14-8-10-7-9(4-5-12(10)15)11-3-1-2-6-13-11/h3-10,16H,1-2H3;1-8,15H. The van der Waals surface area contributed by atoms with E-state index in [2.05, 4.69) is 22.4 Å². The summed E-state index contributed by atoms with van der Waals surface area (Å²) in [5.41, 5.74) is 5.74. The lowest BCUT2D eigenvalue weighted by atomic mass is 10.0. The van der Waals surface area contributed by atoms with E-state index in [0.29, 0.717) is 6.29 Å². The van der Waals surface area contributed by atoms with Gasteiger partial charge in [-0.05, 0) is 60.5 Å². The molecule has 2 N–H and O–H groups in total. The van der Waals surface area contributed by atoms with Crippen LogP contribution in [-0.2, 0) is 0 Å². The van der Waals surface area contributed by atoms with Gasteiger partial charge in [0.05, 0.1) is 11.3 Å². The fourth-order valence-corrected chi connectivity index (χ4v) is 3.21. The fourth-order valence-electron chi connectivity index (χ4n) is 3.21. The molecule has 0 saturated carbocycles. The highest BCUT2D eigenvalue weighted by atomic mass is 16.3. The summed E-state index contributed by atoms with van der Waals surface area (Å²) >= 11 is 0. The van der Waals surface area contributed by atoms with Gasteiger partial charge in [-0.3, -0.25) is 14.6 Å². The van der Waals surface area contributed by atoms with Crippen molar-refractivity contribution in [1.29, 1.82) is 0 Å². The first-order valence-corrected chi connectivity index (χ1v) is 10.1. The van der Waals surface area contributed by atoms with Gasteiger partial charge >= 0.3 is 0 Å². The number of rotatable bonds is 5. The third kappa shape index (κ3) is 5.46. The molecule has 0 aliphatic heterocycles. The Bertz CT molecular complexity index is 1210. The van der Waals surface area contributed by atoms with E-state index < -0.39 is 0 Å². The average Bonchev–Trinajstić information content (AvgIpc) is 2.85. The van der Waals surface area contributed by atoms with Gasteiger partial charge in [0, 0.05) is 30.1 Å². The van der Waals surface area contributed by atoms with Crippen molar-refractivity contribution >= 4 is 17.8 Å². The van der Waals surface area contributed by atoms with Crippen molar-refractivity contribution in [2.75, 3.05) is 12.4 Å². The van der Waals surface area contributed by atoms with Crippen LogP contribution in [-0.4, -0.2) is 29.2 Å². The summed E-state index contributed by atoms with van der Waals surface area (Å²) in [4.78, 5) is 26.2. The lowest BCUT2D eigenvalue weighted by Crippen LogP contribution is -2.00. The molecule has 4 aromatic rings. The maximum atomic E-state index is 11.4. The van der Waals surface area contributed by atoms with Crippen molar-refractivity contribution < 1.29 is 14.7 Å². The maximum absolute atomic E-state index is 11.4. The number of hydrogen-bond donors (Lipinski definition) is 2. The number of nitrogens with one attached hydrogen (secondary N) is 1. The molecule has 3 aromatic carbocycles. The Morgan fingerprint density at radius 2 is 1.59 bits per heavy atom. The number of benzene rings is 3. The van der Waals surface area contributed by atoms with Gasteiger partial charge in [0.2, 0.25) is 0 Å². The summed E-state index contributed by atoms with van der Waals surface area (Å²) in [6.45, 7) is 1.58. The van der Waals surface area contributed by atoms with Gasteiger partial charge in [-0.1, -0.05) is 42.5 Å². The highest BCUT2D eigenvalue weighted by Gasteiger charge is 2.07. The number of anilines is 1. The summed E-state index contributed by atoms with van der Waals surface area (Å²) in [7, 11) is 1.83. The first-order chi connectivity index (χ1) is 15.5. The quantitative estimate of drug-likeness (QED) is 0.310. The van der Waals surface area contributed by atoms with Gasteiger partial charge in [0.1, 0.15) is 5.75 Å². The van der Waals surface area contributed by atoms with Gasteiger partial charge in [0.15, 0.2) is 12.1 Å². The molecule has 0 spiro atoms. The summed E-state index contributed by atoms with van der Waals surface area (Å²) in [5, 5.41) is 12.4. The molecule has 0 fully saturated rings. The van der Waals surface area contributed by atoms with E-state index in [4.69, 9.17) is 0 Å². The number of aromatic nitrogens is 1. The zero-order chi connectivity index (χ0) is 22.9. The van der Waals surface area contributed by atoms with Crippen LogP contribution in [0.2, 0.25) is 0 Å². The first-order valence-electron chi connectivity index (χ1n) is 10.1. The van der Waals surface area contributed by atoms with E-state index in [1.807, 2.05) is 61.6 Å². The molecule has 0 atom stereocenters. The zero-order valence-electron chi connectivity index (χ0n) is 17.9. The second kappa shape index (κ2) is 10.7. The van der Waals surface area contributed by atoms with Gasteiger partial charge in [0.25, 0.3) is 0 Å². The van der Waals surface area contributed by atoms with Crippen molar-refractivity contribution in [3.8, 4) is 28.1 Å². The van der Waals surface area contributed by atoms with Crippen molar-refractivity contribution in [3.63, 3.8) is 0 Å². The number of carbonyl (C=O) groups excluding carboxylic acids is 2. The lowest BCUT2D eigenvalue weighted by Gasteiger charge is -2.09. The average molecular weight is 425 g/mol. The first kappa shape index (κ1) is 22.4. The second-order valence-electron chi connectivity index (χ2n) is 7.04. The fraction of sp³-hybridized carbons (Fsp3) is 0.0741. The molecule has 1 heterocycles. The van der Waals surface area contributed by atoms with Gasteiger partial charge in [-0.25, -0.2) is 0 Å². The van der Waals surface area contributed by atoms with Crippen LogP contribution < -0.4 is 5.32 Å². The minimum absolute atomic E-state index is 0.00955. The molecule has 0 aliphatic carbocycles. The third-order valence-electron chi connectivity index (χ3n) is 4.89. The van der Waals surface area contributed by atoms with Crippen molar-refractivity contribution in [2.45, 2.75) is 6.92 Å². The van der Waals surface area contributed by atoms with Crippen LogP contribution in [0, 0.1) is 0 Å². The molecule has 0 aliphatic rings. The number of phenols is 1. The summed E-state index contributed by atoms with van der Waals surface area (Å²) in [6, 6.07) is 26.4. The van der Waals surface area contributed by atoms with Crippen LogP contribution in [0.5, 0.6) is 5.75 Å². The Morgan fingerprint density at radius 3 is 2.22 bits per heavy atom. The van der Waals surface area contributed by atoms with Crippen LogP contribution >= 0.6 is 0 Å². The third-order valence-corrected chi connectivity index (χ3v) is 4.89. The molecular weight excluding hydrogens is 400 g/mol. The molecule has 0 radical (unpaired) electrons. The second-order valence-corrected chi connectivity index (χ2v) is 7.04. The molecule has 0 bridgehead atoms. The van der Waals surface area contributed by atoms with Crippen molar-refractivity contribution in [1.82, 2.24) is 4.98 Å². The highest BCUT2D eigenvalue weighted by molar-refractivity contribution is 6.00. The smallest absolute Gasteiger partial charge is 0.161 e. The van der Waals surface area contributed by atoms with Crippen LogP contribution in [0.3, 0.4) is 0 Å². The Kier molecular flexibility index (Phi) is 7.49. The predicted octanol–water partition coefficient (Wildman–Crippen LogP) is 5.86. The maximum Gasteiger partial charge on any atom is 0.161 e. The Hall–Kier alpha value is -4.25. The van der Waals surface area contributed by atoms with Gasteiger partial charge in [-0.15, -0.1) is 0 Å². The summed E-state index contributed by atoms with van der Waals surface area (Å²) in [5.74, 6) is 0.0682. The summed E-state index contributed by atoms with van der Waals surface area (Å²) < 4.78 is 0. The van der Waals surface area contributed by atoms with Gasteiger partial charge in [-0.2, -0.15) is 0 Å². The molecule has 5 nitrogen and oxygen atoms in total. The zero-order valence-corrected chi connectivity index (χ0v) is 17.9. The molecule has 0 unspecified atom stereocenters. The number of hydrogen-bond acceptors (Lipinski definition) is 5. The molecule has 4 rings (SSSR count). The van der Waals surface area contributed by atoms with E-state index in [-0.39, 0.29) is 17.1 Å². The molecule has 0 saturated heterocycles. The van der Waals surface area contributed by atoms with Crippen LogP contribution in [0.25, 0.3) is 22.4 Å². The number of carbonyl (C=O) groups is 2. The van der Waals surface area contributed by atoms with Crippen LogP contribution in [0.4, 0.5) is 5.69 Å². The number of Topliss-reactive ketones (excluding diaryl/α,β-unsaturated/α-hetero) is 1. The molecule has 5 heteroatoms.